The molecule has 0 aliphatic heterocycles. The highest BCUT2D eigenvalue weighted by molar-refractivity contribution is 6.11. The highest BCUT2D eigenvalue weighted by Gasteiger charge is 2.14. The Hall–Kier alpha value is -3.15. The van der Waals surface area contributed by atoms with E-state index in [9.17, 15) is 9.59 Å². The molecule has 0 fully saturated rings. The Kier molecular flexibility index (Phi) is 4.29. The van der Waals surface area contributed by atoms with E-state index in [1.807, 2.05) is 13.8 Å². The number of aromatic nitrogens is 2. The molecule has 24 heavy (non-hydrogen) atoms. The Labute approximate surface area is 138 Å². The van der Waals surface area contributed by atoms with Crippen molar-refractivity contribution in [2.24, 2.45) is 0 Å². The first kappa shape index (κ1) is 15.7. The highest BCUT2D eigenvalue weighted by atomic mass is 16.5. The molecular formula is C18H17N3O3. The van der Waals surface area contributed by atoms with Gasteiger partial charge in [0.05, 0.1) is 11.5 Å². The zero-order valence-corrected chi connectivity index (χ0v) is 13.4. The molecule has 0 unspecified atom stereocenters. The number of amides is 1. The number of ether oxygens (including phenoxy) is 1. The van der Waals surface area contributed by atoms with E-state index in [2.05, 4.69) is 15.5 Å². The maximum Gasteiger partial charge on any atom is 0.276 e. The van der Waals surface area contributed by atoms with Crippen LogP contribution in [0.15, 0.2) is 53.3 Å². The number of H-pyrrole nitrogens is 1. The van der Waals surface area contributed by atoms with Crippen LogP contribution in [0.2, 0.25) is 0 Å². The summed E-state index contributed by atoms with van der Waals surface area (Å²) < 4.78 is 5.56. The van der Waals surface area contributed by atoms with Crippen molar-refractivity contribution in [3.8, 4) is 5.75 Å². The Morgan fingerprint density at radius 1 is 1.08 bits per heavy atom. The van der Waals surface area contributed by atoms with E-state index >= 15 is 0 Å². The van der Waals surface area contributed by atoms with E-state index in [0.717, 1.165) is 5.75 Å². The summed E-state index contributed by atoms with van der Waals surface area (Å²) in [6.45, 7) is 3.89. The Morgan fingerprint density at radius 2 is 1.75 bits per heavy atom. The van der Waals surface area contributed by atoms with Crippen molar-refractivity contribution in [1.82, 2.24) is 10.2 Å². The molecular weight excluding hydrogens is 306 g/mol. The fourth-order valence-electron chi connectivity index (χ4n) is 2.37. The molecule has 6 nitrogen and oxygen atoms in total. The summed E-state index contributed by atoms with van der Waals surface area (Å²) in [5.41, 5.74) is 0.471. The van der Waals surface area contributed by atoms with Gasteiger partial charge in [-0.3, -0.25) is 9.59 Å². The maximum atomic E-state index is 12.5. The molecule has 122 valence electrons. The first-order chi connectivity index (χ1) is 11.5. The highest BCUT2D eigenvalue weighted by Crippen LogP contribution is 2.18. The zero-order valence-electron chi connectivity index (χ0n) is 13.4. The van der Waals surface area contributed by atoms with E-state index in [0.29, 0.717) is 16.5 Å². The Morgan fingerprint density at radius 3 is 2.42 bits per heavy atom. The van der Waals surface area contributed by atoms with Gasteiger partial charge in [-0.1, -0.05) is 18.2 Å². The summed E-state index contributed by atoms with van der Waals surface area (Å²) in [6.07, 6.45) is 0.0853. The van der Waals surface area contributed by atoms with Crippen molar-refractivity contribution >= 4 is 22.4 Å². The first-order valence-electron chi connectivity index (χ1n) is 7.60. The second-order valence-electron chi connectivity index (χ2n) is 5.59. The minimum atomic E-state index is -0.389. The van der Waals surface area contributed by atoms with Gasteiger partial charge in [-0.25, -0.2) is 5.10 Å². The molecule has 0 spiro atoms. The maximum absolute atomic E-state index is 12.5. The number of nitrogens with zero attached hydrogens (tertiary/aromatic N) is 1. The van der Waals surface area contributed by atoms with Crippen LogP contribution in [0.3, 0.4) is 0 Å². The van der Waals surface area contributed by atoms with E-state index in [-0.39, 0.29) is 23.3 Å². The smallest absolute Gasteiger partial charge is 0.276 e. The molecule has 1 amide bonds. The molecule has 0 saturated carbocycles. The summed E-state index contributed by atoms with van der Waals surface area (Å²) in [4.78, 5) is 24.2. The fraction of sp³-hybridized carbons (Fsp3) is 0.167. The Balaban J connectivity index is 1.85. The van der Waals surface area contributed by atoms with Crippen molar-refractivity contribution < 1.29 is 9.53 Å². The molecule has 2 aromatic carbocycles. The van der Waals surface area contributed by atoms with Crippen LogP contribution in [0.1, 0.15) is 24.3 Å². The first-order valence-corrected chi connectivity index (χ1v) is 7.60. The van der Waals surface area contributed by atoms with Gasteiger partial charge in [-0.15, -0.1) is 0 Å². The monoisotopic (exact) mass is 323 g/mol. The lowest BCUT2D eigenvalue weighted by molar-refractivity contribution is 0.102. The van der Waals surface area contributed by atoms with E-state index in [4.69, 9.17) is 4.74 Å². The lowest BCUT2D eigenvalue weighted by Crippen LogP contribution is -2.19. The van der Waals surface area contributed by atoms with Gasteiger partial charge >= 0.3 is 0 Å². The van der Waals surface area contributed by atoms with Crippen LogP contribution in [0.5, 0.6) is 5.75 Å². The number of rotatable bonds is 4. The number of anilines is 1. The van der Waals surface area contributed by atoms with Crippen molar-refractivity contribution in [1.29, 1.82) is 0 Å². The minimum Gasteiger partial charge on any atom is -0.491 e. The fourth-order valence-corrected chi connectivity index (χ4v) is 2.37. The molecule has 0 aliphatic rings. The predicted molar refractivity (Wildman–Crippen MR) is 92.5 cm³/mol. The second-order valence-corrected chi connectivity index (χ2v) is 5.59. The van der Waals surface area contributed by atoms with Crippen LogP contribution in [0.4, 0.5) is 5.69 Å². The molecule has 3 rings (SSSR count). The van der Waals surface area contributed by atoms with Crippen molar-refractivity contribution in [3.63, 3.8) is 0 Å². The number of hydrogen-bond acceptors (Lipinski definition) is 4. The van der Waals surface area contributed by atoms with E-state index in [1.165, 1.54) is 0 Å². The number of aromatic amines is 1. The van der Waals surface area contributed by atoms with Crippen LogP contribution in [0.25, 0.3) is 10.8 Å². The van der Waals surface area contributed by atoms with Crippen molar-refractivity contribution in [2.45, 2.75) is 20.0 Å². The van der Waals surface area contributed by atoms with Crippen molar-refractivity contribution in [2.75, 3.05) is 5.32 Å². The number of carbonyl (C=O) groups is 1. The minimum absolute atomic E-state index is 0.0853. The average Bonchev–Trinajstić information content (AvgIpc) is 2.57. The number of fused-ring (bicyclic) bond motifs is 1. The third-order valence-corrected chi connectivity index (χ3v) is 3.40. The molecule has 0 saturated heterocycles. The molecule has 0 radical (unpaired) electrons. The molecule has 1 aromatic heterocycles. The molecule has 0 atom stereocenters. The van der Waals surface area contributed by atoms with Crippen LogP contribution >= 0.6 is 0 Å². The van der Waals surface area contributed by atoms with Crippen LogP contribution < -0.4 is 15.6 Å². The largest absolute Gasteiger partial charge is 0.491 e. The van der Waals surface area contributed by atoms with Gasteiger partial charge in [0.1, 0.15) is 5.75 Å². The molecule has 1 heterocycles. The lowest BCUT2D eigenvalue weighted by Gasteiger charge is -2.11. The zero-order chi connectivity index (χ0) is 17.1. The van der Waals surface area contributed by atoms with E-state index in [1.54, 1.807) is 48.5 Å². The molecule has 2 N–H and O–H groups in total. The second kappa shape index (κ2) is 6.54. The van der Waals surface area contributed by atoms with Gasteiger partial charge in [0, 0.05) is 11.1 Å². The van der Waals surface area contributed by atoms with Gasteiger partial charge in [-0.2, -0.15) is 5.10 Å². The summed E-state index contributed by atoms with van der Waals surface area (Å²) in [7, 11) is 0. The number of hydrogen-bond donors (Lipinski definition) is 2. The summed E-state index contributed by atoms with van der Waals surface area (Å²) >= 11 is 0. The third-order valence-electron chi connectivity index (χ3n) is 3.40. The topological polar surface area (TPSA) is 84.1 Å². The number of nitrogens with one attached hydrogen (secondary N) is 2. The third kappa shape index (κ3) is 3.27. The van der Waals surface area contributed by atoms with Gasteiger partial charge in [-0.05, 0) is 44.2 Å². The van der Waals surface area contributed by atoms with Gasteiger partial charge in [0.25, 0.3) is 11.5 Å². The SMILES string of the molecule is CC(C)Oc1ccc(NC(=O)c2n[nH]c(=O)c3ccccc23)cc1. The Bertz CT molecular complexity index is 930. The standard InChI is InChI=1S/C18H17N3O3/c1-11(2)24-13-9-7-12(8-10-13)19-18(23)16-14-5-3-4-6-15(14)17(22)21-20-16/h3-11H,1-2H3,(H,19,23)(H,21,22). The van der Waals surface area contributed by atoms with Gasteiger partial charge in [0.15, 0.2) is 5.69 Å². The number of benzene rings is 2. The van der Waals surface area contributed by atoms with Crippen LogP contribution in [-0.4, -0.2) is 22.2 Å². The summed E-state index contributed by atoms with van der Waals surface area (Å²) in [5, 5.41) is 9.95. The average molecular weight is 323 g/mol. The van der Waals surface area contributed by atoms with Crippen molar-refractivity contribution in [3.05, 3.63) is 64.6 Å². The molecule has 3 aromatic rings. The van der Waals surface area contributed by atoms with Gasteiger partial charge < -0.3 is 10.1 Å². The van der Waals surface area contributed by atoms with Crippen LogP contribution in [0, 0.1) is 0 Å². The normalized spacial score (nSPS) is 10.8. The predicted octanol–water partition coefficient (Wildman–Crippen LogP) is 2.96. The lowest BCUT2D eigenvalue weighted by atomic mass is 10.1. The molecule has 0 aliphatic carbocycles. The summed E-state index contributed by atoms with van der Waals surface area (Å²) in [5.74, 6) is 0.343. The van der Waals surface area contributed by atoms with E-state index < -0.39 is 0 Å². The number of carbonyl (C=O) groups excluding carboxylic acids is 1. The van der Waals surface area contributed by atoms with Crippen LogP contribution in [-0.2, 0) is 0 Å². The van der Waals surface area contributed by atoms with Gasteiger partial charge in [0.2, 0.25) is 0 Å². The molecule has 0 bridgehead atoms. The summed E-state index contributed by atoms with van der Waals surface area (Å²) in [6, 6.07) is 13.9. The quantitative estimate of drug-likeness (QED) is 0.773. The molecule has 6 heteroatoms.